The minimum absolute atomic E-state index is 0.242. The molecule has 92 valence electrons. The first kappa shape index (κ1) is 15.0. The molecule has 0 aromatic heterocycles. The number of rotatable bonds is 9. The summed E-state index contributed by atoms with van der Waals surface area (Å²) in [6.07, 6.45) is 2.73. The third-order valence-electron chi connectivity index (χ3n) is 2.63. The summed E-state index contributed by atoms with van der Waals surface area (Å²) >= 11 is 0. The van der Waals surface area contributed by atoms with Gasteiger partial charge in [-0.15, -0.1) is 0 Å². The maximum Gasteiger partial charge on any atom is 0.503 e. The summed E-state index contributed by atoms with van der Waals surface area (Å²) in [7, 11) is 2.35. The fourth-order valence-electron chi connectivity index (χ4n) is 1.81. The monoisotopic (exact) mass is 236 g/mol. The summed E-state index contributed by atoms with van der Waals surface area (Å²) in [4.78, 5) is 0. The van der Waals surface area contributed by atoms with Gasteiger partial charge in [-0.25, -0.2) is 0 Å². The highest BCUT2D eigenvalue weighted by molar-refractivity contribution is 6.62. The van der Waals surface area contributed by atoms with Crippen LogP contribution >= 0.6 is 0 Å². The summed E-state index contributed by atoms with van der Waals surface area (Å²) in [6.45, 7) is 1.28. The lowest BCUT2D eigenvalue weighted by Crippen LogP contribution is -2.48. The molecule has 6 heteroatoms. The Hall–Kier alpha value is 0.0169. The fourth-order valence-corrected chi connectivity index (χ4v) is 4.39. The van der Waals surface area contributed by atoms with E-state index in [1.165, 1.54) is 0 Å². The average molecular weight is 236 g/mol. The van der Waals surface area contributed by atoms with Crippen molar-refractivity contribution in [2.24, 2.45) is 11.5 Å². The molecule has 0 aliphatic rings. The maximum absolute atomic E-state index is 5.59. The second kappa shape index (κ2) is 8.20. The Morgan fingerprint density at radius 2 is 1.47 bits per heavy atom. The molecule has 0 fully saturated rings. The normalized spacial score (nSPS) is 14.2. The Morgan fingerprint density at radius 1 is 0.933 bits per heavy atom. The standard InChI is InChI=1S/C9H24N2O3Si/c1-12-15(13-2,14-3)9(6-8-11)5-4-7-10/h9H,4-8,10-11H2,1-3H3. The molecule has 5 nitrogen and oxygen atoms in total. The molecule has 0 aliphatic heterocycles. The largest absolute Gasteiger partial charge is 0.503 e. The Bertz CT molecular complexity index is 148. The molecule has 0 heterocycles. The minimum Gasteiger partial charge on any atom is -0.377 e. The van der Waals surface area contributed by atoms with E-state index in [0.717, 1.165) is 19.3 Å². The summed E-state index contributed by atoms with van der Waals surface area (Å²) in [5.41, 5.74) is 11.3. The van der Waals surface area contributed by atoms with Crippen molar-refractivity contribution < 1.29 is 13.3 Å². The van der Waals surface area contributed by atoms with Crippen LogP contribution in [0.4, 0.5) is 0 Å². The van der Waals surface area contributed by atoms with E-state index in [-0.39, 0.29) is 5.54 Å². The van der Waals surface area contributed by atoms with Crippen LogP contribution in [0.3, 0.4) is 0 Å². The number of hydrogen-bond acceptors (Lipinski definition) is 5. The average Bonchev–Trinajstić information content (AvgIpc) is 2.28. The molecule has 0 saturated heterocycles. The van der Waals surface area contributed by atoms with Crippen LogP contribution < -0.4 is 11.5 Å². The second-order valence-corrected chi connectivity index (χ2v) is 6.67. The highest BCUT2D eigenvalue weighted by Crippen LogP contribution is 2.31. The van der Waals surface area contributed by atoms with Crippen LogP contribution in [0.15, 0.2) is 0 Å². The zero-order chi connectivity index (χ0) is 11.7. The van der Waals surface area contributed by atoms with Crippen LogP contribution in [-0.4, -0.2) is 43.2 Å². The SMILES string of the molecule is CO[Si](OC)(OC)C(CCN)CCCN. The van der Waals surface area contributed by atoms with Crippen LogP contribution in [0.25, 0.3) is 0 Å². The van der Waals surface area contributed by atoms with Crippen molar-refractivity contribution in [3.8, 4) is 0 Å². The van der Waals surface area contributed by atoms with Crippen molar-refractivity contribution in [3.05, 3.63) is 0 Å². The molecule has 0 aliphatic carbocycles. The highest BCUT2D eigenvalue weighted by Gasteiger charge is 2.46. The first-order valence-corrected chi connectivity index (χ1v) is 7.06. The minimum atomic E-state index is -2.54. The molecule has 0 rings (SSSR count). The van der Waals surface area contributed by atoms with Crippen molar-refractivity contribution >= 4 is 8.80 Å². The lowest BCUT2D eigenvalue weighted by Gasteiger charge is -2.32. The highest BCUT2D eigenvalue weighted by atomic mass is 28.4. The van der Waals surface area contributed by atoms with Crippen LogP contribution in [0, 0.1) is 0 Å². The van der Waals surface area contributed by atoms with Crippen molar-refractivity contribution in [3.63, 3.8) is 0 Å². The van der Waals surface area contributed by atoms with Gasteiger partial charge >= 0.3 is 8.80 Å². The Morgan fingerprint density at radius 3 is 1.80 bits per heavy atom. The zero-order valence-electron chi connectivity index (χ0n) is 9.99. The quantitative estimate of drug-likeness (QED) is 0.564. The van der Waals surface area contributed by atoms with Gasteiger partial charge in [0, 0.05) is 26.9 Å². The Labute approximate surface area is 93.4 Å². The van der Waals surface area contributed by atoms with Gasteiger partial charge in [-0.05, 0) is 32.4 Å². The summed E-state index contributed by atoms with van der Waals surface area (Å²) in [5, 5.41) is 0. The van der Waals surface area contributed by atoms with Crippen molar-refractivity contribution in [2.45, 2.75) is 24.8 Å². The molecule has 0 spiro atoms. The predicted molar refractivity (Wildman–Crippen MR) is 62.5 cm³/mol. The predicted octanol–water partition coefficient (Wildman–Crippen LogP) is 0.322. The van der Waals surface area contributed by atoms with E-state index < -0.39 is 8.80 Å². The number of hydrogen-bond donors (Lipinski definition) is 2. The lowest BCUT2D eigenvalue weighted by molar-refractivity contribution is 0.108. The molecule has 0 saturated carbocycles. The van der Waals surface area contributed by atoms with Gasteiger partial charge in [0.15, 0.2) is 0 Å². The third kappa shape index (κ3) is 4.18. The first-order valence-electron chi connectivity index (χ1n) is 5.26. The van der Waals surface area contributed by atoms with Gasteiger partial charge in [-0.3, -0.25) is 0 Å². The van der Waals surface area contributed by atoms with Crippen molar-refractivity contribution in [1.29, 1.82) is 0 Å². The maximum atomic E-state index is 5.59. The van der Waals surface area contributed by atoms with Crippen molar-refractivity contribution in [2.75, 3.05) is 34.4 Å². The van der Waals surface area contributed by atoms with Gasteiger partial charge in [0.1, 0.15) is 0 Å². The summed E-state index contributed by atoms with van der Waals surface area (Å²) in [6, 6.07) is 0. The van der Waals surface area contributed by atoms with Gasteiger partial charge in [0.05, 0.1) is 0 Å². The molecule has 15 heavy (non-hydrogen) atoms. The first-order chi connectivity index (χ1) is 7.20. The number of nitrogens with two attached hydrogens (primary N) is 2. The van der Waals surface area contributed by atoms with Crippen LogP contribution in [0.5, 0.6) is 0 Å². The molecule has 1 atom stereocenters. The third-order valence-corrected chi connectivity index (χ3v) is 5.91. The Balaban J connectivity index is 4.50. The van der Waals surface area contributed by atoms with E-state index in [1.54, 1.807) is 21.3 Å². The van der Waals surface area contributed by atoms with E-state index in [0.29, 0.717) is 13.1 Å². The molecule has 0 aromatic rings. The van der Waals surface area contributed by atoms with Crippen LogP contribution in [0.2, 0.25) is 5.54 Å². The summed E-state index contributed by atoms with van der Waals surface area (Å²) in [5.74, 6) is 0. The topological polar surface area (TPSA) is 79.7 Å². The van der Waals surface area contributed by atoms with Crippen molar-refractivity contribution in [1.82, 2.24) is 0 Å². The second-order valence-electron chi connectivity index (χ2n) is 3.42. The van der Waals surface area contributed by atoms with Gasteiger partial charge in [0.25, 0.3) is 0 Å². The fraction of sp³-hybridized carbons (Fsp3) is 1.00. The van der Waals surface area contributed by atoms with E-state index >= 15 is 0 Å². The van der Waals surface area contributed by atoms with Gasteiger partial charge < -0.3 is 24.7 Å². The van der Waals surface area contributed by atoms with Crippen LogP contribution in [0.1, 0.15) is 19.3 Å². The lowest BCUT2D eigenvalue weighted by atomic mass is 10.2. The molecular formula is C9H24N2O3Si. The molecule has 0 aromatic carbocycles. The zero-order valence-corrected chi connectivity index (χ0v) is 11.0. The molecular weight excluding hydrogens is 212 g/mol. The molecule has 4 N–H and O–H groups in total. The molecule has 0 bridgehead atoms. The van der Waals surface area contributed by atoms with Gasteiger partial charge in [-0.2, -0.15) is 0 Å². The van der Waals surface area contributed by atoms with Gasteiger partial charge in [0.2, 0.25) is 0 Å². The molecule has 1 unspecified atom stereocenters. The van der Waals surface area contributed by atoms with Gasteiger partial charge in [-0.1, -0.05) is 0 Å². The van der Waals surface area contributed by atoms with E-state index in [2.05, 4.69) is 0 Å². The Kier molecular flexibility index (Phi) is 8.21. The van der Waals surface area contributed by atoms with Crippen LogP contribution in [-0.2, 0) is 13.3 Å². The van der Waals surface area contributed by atoms with E-state index in [1.807, 2.05) is 0 Å². The smallest absolute Gasteiger partial charge is 0.377 e. The van der Waals surface area contributed by atoms with E-state index in [9.17, 15) is 0 Å². The molecule has 0 radical (unpaired) electrons. The molecule has 0 amide bonds. The van der Waals surface area contributed by atoms with E-state index in [4.69, 9.17) is 24.7 Å². The summed E-state index contributed by atoms with van der Waals surface area (Å²) < 4.78 is 16.3.